The lowest BCUT2D eigenvalue weighted by molar-refractivity contribution is -0.120. The number of thiophene rings is 2. The van der Waals surface area contributed by atoms with Gasteiger partial charge >= 0.3 is 0 Å². The van der Waals surface area contributed by atoms with Crippen molar-refractivity contribution >= 4 is 65.2 Å². The van der Waals surface area contributed by atoms with Crippen LogP contribution in [0.3, 0.4) is 0 Å². The molecule has 0 unspecified atom stereocenters. The Morgan fingerprint density at radius 1 is 0.952 bits per heavy atom. The number of para-hydroxylation sites is 1. The van der Waals surface area contributed by atoms with Gasteiger partial charge in [-0.25, -0.2) is 13.4 Å². The van der Waals surface area contributed by atoms with E-state index in [1.807, 2.05) is 24.3 Å². The van der Waals surface area contributed by atoms with Gasteiger partial charge < -0.3 is 5.32 Å². The van der Waals surface area contributed by atoms with Gasteiger partial charge in [0.1, 0.15) is 14.2 Å². The molecule has 7 rings (SSSR count). The topological polar surface area (TPSA) is 82.6 Å². The van der Waals surface area contributed by atoms with Gasteiger partial charge in [0.25, 0.3) is 10.0 Å². The Balaban J connectivity index is 1.13. The van der Waals surface area contributed by atoms with Crippen molar-refractivity contribution in [2.45, 2.75) is 36.6 Å². The second kappa shape index (κ2) is 11.6. The molecule has 0 aliphatic carbocycles. The number of aromatic nitrogens is 1. The van der Waals surface area contributed by atoms with Crippen molar-refractivity contribution in [1.29, 1.82) is 0 Å². The highest BCUT2D eigenvalue weighted by Gasteiger charge is 2.34. The van der Waals surface area contributed by atoms with Crippen molar-refractivity contribution < 1.29 is 13.2 Å². The number of nitrogens with one attached hydrogen (secondary N) is 1. The standard InChI is InChI=1S/C31H30N4O3S4/c36-29(22-12-16-35(17-13-22)42(37,38)27-11-6-18-39-27)33-31-28(30-32-24-9-4-5-10-25(24)40-30)23-14-15-34(20-26(23)41-31)19-21-7-2-1-3-8-21/h1-11,18,22H,12-17,19-20H2,(H,33,36). The van der Waals surface area contributed by atoms with E-state index >= 15 is 0 Å². The summed E-state index contributed by atoms with van der Waals surface area (Å²) in [4.78, 5) is 22.3. The number of hydrogen-bond donors (Lipinski definition) is 1. The Kier molecular flexibility index (Phi) is 7.72. The lowest BCUT2D eigenvalue weighted by atomic mass is 9.97. The summed E-state index contributed by atoms with van der Waals surface area (Å²) in [5.41, 5.74) is 4.61. The summed E-state index contributed by atoms with van der Waals surface area (Å²) in [5.74, 6) is -0.276. The maximum Gasteiger partial charge on any atom is 0.252 e. The normalized spacial score (nSPS) is 17.0. The van der Waals surface area contributed by atoms with Crippen LogP contribution in [0.15, 0.2) is 76.3 Å². The lowest BCUT2D eigenvalue weighted by Crippen LogP contribution is -2.41. The Hall–Kier alpha value is -2.93. The monoisotopic (exact) mass is 634 g/mol. The molecule has 0 radical (unpaired) electrons. The number of benzene rings is 2. The molecule has 0 atom stereocenters. The molecule has 1 amide bonds. The number of carbonyl (C=O) groups excluding carboxylic acids is 1. The predicted octanol–water partition coefficient (Wildman–Crippen LogP) is 6.68. The highest BCUT2D eigenvalue weighted by atomic mass is 32.2. The quantitative estimate of drug-likeness (QED) is 0.216. The van der Waals surface area contributed by atoms with Crippen LogP contribution in [-0.4, -0.2) is 48.1 Å². The van der Waals surface area contributed by atoms with Gasteiger partial charge in [0.2, 0.25) is 5.91 Å². The third-order valence-corrected chi connectivity index (χ3v) is 13.5. The van der Waals surface area contributed by atoms with Crippen LogP contribution in [0.2, 0.25) is 0 Å². The first-order valence-electron chi connectivity index (χ1n) is 14.1. The summed E-state index contributed by atoms with van der Waals surface area (Å²) in [7, 11) is -3.50. The lowest BCUT2D eigenvalue weighted by Gasteiger charge is -2.30. The van der Waals surface area contributed by atoms with Crippen LogP contribution in [0, 0.1) is 5.92 Å². The largest absolute Gasteiger partial charge is 0.317 e. The maximum absolute atomic E-state index is 13.6. The molecule has 216 valence electrons. The van der Waals surface area contributed by atoms with E-state index in [-0.39, 0.29) is 11.8 Å². The maximum atomic E-state index is 13.6. The molecule has 5 aromatic rings. The molecular weight excluding hydrogens is 605 g/mol. The number of anilines is 1. The Morgan fingerprint density at radius 3 is 2.50 bits per heavy atom. The minimum absolute atomic E-state index is 0.0368. The zero-order chi connectivity index (χ0) is 28.7. The van der Waals surface area contributed by atoms with E-state index < -0.39 is 10.0 Å². The average Bonchev–Trinajstić information content (AvgIpc) is 3.76. The van der Waals surface area contributed by atoms with Crippen LogP contribution in [0.5, 0.6) is 0 Å². The number of amides is 1. The summed E-state index contributed by atoms with van der Waals surface area (Å²) in [6.07, 6.45) is 1.91. The number of fused-ring (bicyclic) bond motifs is 2. The number of hydrogen-bond acceptors (Lipinski definition) is 8. The zero-order valence-corrected chi connectivity index (χ0v) is 26.1. The fourth-order valence-corrected chi connectivity index (χ4v) is 10.9. The van der Waals surface area contributed by atoms with Crippen LogP contribution < -0.4 is 5.32 Å². The van der Waals surface area contributed by atoms with Crippen molar-refractivity contribution in [3.05, 3.63) is 88.1 Å². The van der Waals surface area contributed by atoms with Gasteiger partial charge in [-0.1, -0.05) is 48.5 Å². The van der Waals surface area contributed by atoms with E-state index in [4.69, 9.17) is 4.98 Å². The van der Waals surface area contributed by atoms with E-state index in [2.05, 4.69) is 40.5 Å². The summed E-state index contributed by atoms with van der Waals surface area (Å²) >= 11 is 4.56. The molecule has 2 aliphatic rings. The third kappa shape index (κ3) is 5.45. The van der Waals surface area contributed by atoms with E-state index in [9.17, 15) is 13.2 Å². The second-order valence-electron chi connectivity index (χ2n) is 10.7. The van der Waals surface area contributed by atoms with Crippen molar-refractivity contribution in [1.82, 2.24) is 14.2 Å². The average molecular weight is 635 g/mol. The molecule has 7 nitrogen and oxygen atoms in total. The van der Waals surface area contributed by atoms with E-state index in [0.717, 1.165) is 51.8 Å². The fraction of sp³-hybridized carbons (Fsp3) is 0.290. The molecule has 0 saturated carbocycles. The molecule has 1 fully saturated rings. The minimum Gasteiger partial charge on any atom is -0.317 e. The van der Waals surface area contributed by atoms with Gasteiger partial charge in [0, 0.05) is 49.1 Å². The molecule has 0 spiro atoms. The number of carbonyl (C=O) groups is 1. The number of nitrogens with zero attached hydrogens (tertiary/aromatic N) is 3. The van der Waals surface area contributed by atoms with Crippen LogP contribution in [0.4, 0.5) is 5.00 Å². The molecule has 0 bridgehead atoms. The second-order valence-corrected chi connectivity index (χ2v) is 16.0. The van der Waals surface area contributed by atoms with Crippen molar-refractivity contribution in [3.63, 3.8) is 0 Å². The Morgan fingerprint density at radius 2 is 1.74 bits per heavy atom. The van der Waals surface area contributed by atoms with Gasteiger partial charge in [-0.15, -0.1) is 34.0 Å². The predicted molar refractivity (Wildman–Crippen MR) is 172 cm³/mol. The first-order chi connectivity index (χ1) is 20.5. The van der Waals surface area contributed by atoms with E-state index in [1.54, 1.807) is 40.2 Å². The summed E-state index contributed by atoms with van der Waals surface area (Å²) in [5, 5.41) is 6.87. The number of piperidine rings is 1. The van der Waals surface area contributed by atoms with Gasteiger partial charge in [-0.2, -0.15) is 4.31 Å². The number of sulfonamides is 1. The number of thiazole rings is 1. The Labute approximate surface area is 257 Å². The first-order valence-corrected chi connectivity index (χ1v) is 18.0. The van der Waals surface area contributed by atoms with Crippen LogP contribution in [-0.2, 0) is 34.3 Å². The molecule has 11 heteroatoms. The van der Waals surface area contributed by atoms with Crippen LogP contribution in [0.25, 0.3) is 20.8 Å². The van der Waals surface area contributed by atoms with Crippen molar-refractivity contribution in [2.24, 2.45) is 5.92 Å². The van der Waals surface area contributed by atoms with Gasteiger partial charge in [-0.3, -0.25) is 9.69 Å². The molecule has 1 N–H and O–H groups in total. The zero-order valence-electron chi connectivity index (χ0n) is 22.9. The van der Waals surface area contributed by atoms with E-state index in [1.165, 1.54) is 31.6 Å². The SMILES string of the molecule is O=C(Nc1sc2c(c1-c1nc3ccccc3s1)CCN(Cc1ccccc1)C2)C1CCN(S(=O)(=O)c2cccs2)CC1. The highest BCUT2D eigenvalue weighted by molar-refractivity contribution is 7.91. The van der Waals surface area contributed by atoms with Crippen LogP contribution in [0.1, 0.15) is 28.8 Å². The van der Waals surface area contributed by atoms with Gasteiger partial charge in [0.15, 0.2) is 0 Å². The smallest absolute Gasteiger partial charge is 0.252 e. The van der Waals surface area contributed by atoms with Crippen molar-refractivity contribution in [2.75, 3.05) is 25.0 Å². The molecule has 3 aromatic heterocycles. The number of rotatable bonds is 7. The van der Waals surface area contributed by atoms with Crippen LogP contribution >= 0.6 is 34.0 Å². The van der Waals surface area contributed by atoms with Gasteiger partial charge in [0.05, 0.1) is 10.2 Å². The van der Waals surface area contributed by atoms with Crippen molar-refractivity contribution in [3.8, 4) is 10.6 Å². The first kappa shape index (κ1) is 27.9. The minimum atomic E-state index is -3.50. The third-order valence-electron chi connectivity index (χ3n) is 8.04. The molecule has 5 heterocycles. The summed E-state index contributed by atoms with van der Waals surface area (Å²) < 4.78 is 28.9. The fourth-order valence-electron chi connectivity index (χ4n) is 5.84. The molecule has 42 heavy (non-hydrogen) atoms. The van der Waals surface area contributed by atoms with E-state index in [0.29, 0.717) is 30.1 Å². The summed E-state index contributed by atoms with van der Waals surface area (Å²) in [6, 6.07) is 22.1. The highest BCUT2D eigenvalue weighted by Crippen LogP contribution is 2.46. The molecular formula is C31H30N4O3S4. The molecule has 2 aromatic carbocycles. The Bertz CT molecular complexity index is 1790. The summed E-state index contributed by atoms with van der Waals surface area (Å²) in [6.45, 7) is 3.36. The van der Waals surface area contributed by atoms with Gasteiger partial charge in [-0.05, 0) is 54.0 Å². The molecule has 2 aliphatic heterocycles. The molecule has 1 saturated heterocycles.